The molecule has 0 aromatic carbocycles. The van der Waals surface area contributed by atoms with Gasteiger partial charge in [-0.1, -0.05) is 19.3 Å². The lowest BCUT2D eigenvalue weighted by Crippen LogP contribution is -2.38. The summed E-state index contributed by atoms with van der Waals surface area (Å²) >= 11 is 0. The van der Waals surface area contributed by atoms with Gasteiger partial charge in [-0.3, -0.25) is 9.59 Å². The van der Waals surface area contributed by atoms with E-state index in [9.17, 15) is 9.59 Å². The Morgan fingerprint density at radius 3 is 2.65 bits per heavy atom. The Bertz CT molecular complexity index is 656. The van der Waals surface area contributed by atoms with E-state index in [-0.39, 0.29) is 24.3 Å². The quantitative estimate of drug-likeness (QED) is 0.844. The number of aromatic nitrogens is 1. The van der Waals surface area contributed by atoms with Gasteiger partial charge in [0.2, 0.25) is 0 Å². The summed E-state index contributed by atoms with van der Waals surface area (Å²) in [7, 11) is 0. The van der Waals surface area contributed by atoms with Gasteiger partial charge in [-0.05, 0) is 50.7 Å². The highest BCUT2D eigenvalue weighted by atomic mass is 16.4. The maximum Gasteiger partial charge on any atom is 0.303 e. The van der Waals surface area contributed by atoms with E-state index in [2.05, 4.69) is 15.2 Å². The number of aryl methyl sites for hydroxylation is 1. The second-order valence-electron chi connectivity index (χ2n) is 7.66. The topological polar surface area (TPSA) is 82.5 Å². The van der Waals surface area contributed by atoms with Crippen molar-refractivity contribution in [3.05, 3.63) is 23.4 Å². The lowest BCUT2D eigenvalue weighted by Gasteiger charge is -2.33. The first-order chi connectivity index (χ1) is 12.5. The van der Waals surface area contributed by atoms with Crippen LogP contribution in [0.2, 0.25) is 0 Å². The highest BCUT2D eigenvalue weighted by Gasteiger charge is 2.24. The van der Waals surface area contributed by atoms with Crippen LogP contribution in [0.15, 0.2) is 12.1 Å². The summed E-state index contributed by atoms with van der Waals surface area (Å²) in [5.41, 5.74) is 1.37. The summed E-state index contributed by atoms with van der Waals surface area (Å²) in [6.45, 7) is 3.47. The molecule has 0 radical (unpaired) electrons. The van der Waals surface area contributed by atoms with E-state index in [0.717, 1.165) is 43.7 Å². The van der Waals surface area contributed by atoms with Crippen molar-refractivity contribution in [2.45, 2.75) is 64.3 Å². The Morgan fingerprint density at radius 2 is 1.96 bits per heavy atom. The van der Waals surface area contributed by atoms with Crippen molar-refractivity contribution in [3.8, 4) is 0 Å². The number of hydrogen-bond acceptors (Lipinski definition) is 4. The molecule has 26 heavy (non-hydrogen) atoms. The zero-order valence-corrected chi connectivity index (χ0v) is 15.5. The first-order valence-corrected chi connectivity index (χ1v) is 9.78. The van der Waals surface area contributed by atoms with Gasteiger partial charge in [0.25, 0.3) is 5.91 Å². The lowest BCUT2D eigenvalue weighted by molar-refractivity contribution is -0.138. The van der Waals surface area contributed by atoms with E-state index >= 15 is 0 Å². The predicted molar refractivity (Wildman–Crippen MR) is 101 cm³/mol. The number of hydrogen-bond donors (Lipinski definition) is 2. The number of nitrogens with one attached hydrogen (secondary N) is 1. The van der Waals surface area contributed by atoms with E-state index in [0.29, 0.717) is 12.1 Å². The minimum absolute atomic E-state index is 0.0316. The van der Waals surface area contributed by atoms with Crippen LogP contribution in [-0.4, -0.2) is 41.1 Å². The molecular weight excluding hydrogens is 330 g/mol. The average molecular weight is 359 g/mol. The van der Waals surface area contributed by atoms with Gasteiger partial charge in [-0.2, -0.15) is 0 Å². The summed E-state index contributed by atoms with van der Waals surface area (Å²) in [5.74, 6) is 0.232. The van der Waals surface area contributed by atoms with Gasteiger partial charge in [-0.15, -0.1) is 0 Å². The summed E-state index contributed by atoms with van der Waals surface area (Å²) in [6, 6.07) is 4.04. The predicted octanol–water partition coefficient (Wildman–Crippen LogP) is 3.14. The van der Waals surface area contributed by atoms with E-state index < -0.39 is 5.97 Å². The summed E-state index contributed by atoms with van der Waals surface area (Å²) in [4.78, 5) is 30.3. The Hall–Kier alpha value is -2.11. The van der Waals surface area contributed by atoms with E-state index in [1.165, 1.54) is 19.3 Å². The fourth-order valence-electron chi connectivity index (χ4n) is 4.16. The zero-order valence-electron chi connectivity index (χ0n) is 15.5. The third kappa shape index (κ3) is 4.74. The molecule has 6 nitrogen and oxygen atoms in total. The number of carbonyl (C=O) groups excluding carboxylic acids is 1. The maximum absolute atomic E-state index is 12.6. The fraction of sp³-hybridized carbons (Fsp3) is 0.650. The molecule has 1 unspecified atom stereocenters. The number of rotatable bonds is 5. The smallest absolute Gasteiger partial charge is 0.303 e. The molecule has 1 amide bonds. The van der Waals surface area contributed by atoms with Crippen LogP contribution in [0.1, 0.15) is 67.4 Å². The fourth-order valence-corrected chi connectivity index (χ4v) is 4.16. The Balaban J connectivity index is 1.64. The first-order valence-electron chi connectivity index (χ1n) is 9.78. The number of amides is 1. The first kappa shape index (κ1) is 18.7. The molecule has 1 saturated carbocycles. The number of carboxylic acids is 1. The van der Waals surface area contributed by atoms with Gasteiger partial charge >= 0.3 is 5.97 Å². The number of pyridine rings is 1. The van der Waals surface area contributed by atoms with Gasteiger partial charge in [0.1, 0.15) is 5.82 Å². The molecule has 1 aromatic rings. The third-order valence-corrected chi connectivity index (χ3v) is 5.56. The van der Waals surface area contributed by atoms with Crippen LogP contribution in [0.3, 0.4) is 0 Å². The molecule has 1 aliphatic carbocycles. The minimum atomic E-state index is -0.740. The molecule has 1 aromatic heterocycles. The number of aliphatic carboxylic acids is 1. The van der Waals surface area contributed by atoms with Crippen molar-refractivity contribution in [3.63, 3.8) is 0 Å². The van der Waals surface area contributed by atoms with Gasteiger partial charge in [0.15, 0.2) is 0 Å². The maximum atomic E-state index is 12.6. The van der Waals surface area contributed by atoms with Gasteiger partial charge in [-0.25, -0.2) is 4.98 Å². The molecular formula is C20H29N3O3. The molecule has 0 bridgehead atoms. The Kier molecular flexibility index (Phi) is 6.12. The average Bonchev–Trinajstić information content (AvgIpc) is 2.62. The number of carboxylic acid groups (broad SMARTS) is 1. The SMILES string of the molecule is Cc1nc(N2CCCC(CC(=O)O)C2)ccc1C(=O)NC1CCCCC1. The van der Waals surface area contributed by atoms with Crippen LogP contribution in [0.25, 0.3) is 0 Å². The molecule has 0 spiro atoms. The largest absolute Gasteiger partial charge is 0.481 e. The number of nitrogens with zero attached hydrogens (tertiary/aromatic N) is 2. The van der Waals surface area contributed by atoms with Crippen molar-refractivity contribution in [2.75, 3.05) is 18.0 Å². The molecule has 2 N–H and O–H groups in total. The lowest BCUT2D eigenvalue weighted by atomic mass is 9.94. The number of anilines is 1. The molecule has 3 rings (SSSR count). The van der Waals surface area contributed by atoms with Crippen LogP contribution in [-0.2, 0) is 4.79 Å². The minimum Gasteiger partial charge on any atom is -0.481 e. The van der Waals surface area contributed by atoms with Gasteiger partial charge in [0.05, 0.1) is 11.3 Å². The van der Waals surface area contributed by atoms with Gasteiger partial charge in [0, 0.05) is 25.6 Å². The van der Waals surface area contributed by atoms with Crippen molar-refractivity contribution in [1.29, 1.82) is 0 Å². The monoisotopic (exact) mass is 359 g/mol. The standard InChI is InChI=1S/C20H29N3O3/c1-14-17(20(26)22-16-7-3-2-4-8-16)9-10-18(21-14)23-11-5-6-15(13-23)12-19(24)25/h9-10,15-16H,2-8,11-13H2,1H3,(H,22,26)(H,24,25). The van der Waals surface area contributed by atoms with Crippen molar-refractivity contribution in [2.24, 2.45) is 5.92 Å². The zero-order chi connectivity index (χ0) is 18.5. The van der Waals surface area contributed by atoms with Gasteiger partial charge < -0.3 is 15.3 Å². The summed E-state index contributed by atoms with van der Waals surface area (Å²) in [6.07, 6.45) is 7.90. The van der Waals surface area contributed by atoms with Crippen LogP contribution in [0.5, 0.6) is 0 Å². The number of piperidine rings is 1. The van der Waals surface area contributed by atoms with Crippen LogP contribution < -0.4 is 10.2 Å². The molecule has 1 atom stereocenters. The van der Waals surface area contributed by atoms with Crippen molar-refractivity contribution < 1.29 is 14.7 Å². The molecule has 1 saturated heterocycles. The molecule has 2 fully saturated rings. The van der Waals surface area contributed by atoms with E-state index in [1.807, 2.05) is 19.1 Å². The number of carbonyl (C=O) groups is 2. The summed E-state index contributed by atoms with van der Waals surface area (Å²) < 4.78 is 0. The second-order valence-corrected chi connectivity index (χ2v) is 7.66. The third-order valence-electron chi connectivity index (χ3n) is 5.56. The van der Waals surface area contributed by atoms with Crippen molar-refractivity contribution in [1.82, 2.24) is 10.3 Å². The normalized spacial score (nSPS) is 21.4. The van der Waals surface area contributed by atoms with Crippen LogP contribution in [0.4, 0.5) is 5.82 Å². The van der Waals surface area contributed by atoms with Crippen molar-refractivity contribution >= 4 is 17.7 Å². The van der Waals surface area contributed by atoms with E-state index in [1.54, 1.807) is 0 Å². The van der Waals surface area contributed by atoms with Crippen LogP contribution >= 0.6 is 0 Å². The Labute approximate surface area is 155 Å². The molecule has 142 valence electrons. The molecule has 2 aliphatic rings. The highest BCUT2D eigenvalue weighted by Crippen LogP contribution is 2.25. The Morgan fingerprint density at radius 1 is 1.19 bits per heavy atom. The molecule has 6 heteroatoms. The van der Waals surface area contributed by atoms with Crippen LogP contribution in [0, 0.1) is 12.8 Å². The van der Waals surface area contributed by atoms with E-state index in [4.69, 9.17) is 5.11 Å². The highest BCUT2D eigenvalue weighted by molar-refractivity contribution is 5.95. The second kappa shape index (κ2) is 8.52. The molecule has 2 heterocycles. The molecule has 1 aliphatic heterocycles. The summed E-state index contributed by atoms with van der Waals surface area (Å²) in [5, 5.41) is 12.2.